The third-order valence-electron chi connectivity index (χ3n) is 4.48. The maximum absolute atomic E-state index is 12.5. The zero-order valence-electron chi connectivity index (χ0n) is 15.7. The molecule has 28 heavy (non-hydrogen) atoms. The van der Waals surface area contributed by atoms with E-state index in [1.165, 1.54) is 16.6 Å². The van der Waals surface area contributed by atoms with Crippen LogP contribution in [0.5, 0.6) is 11.5 Å². The summed E-state index contributed by atoms with van der Waals surface area (Å²) in [5, 5.41) is 4.92. The third-order valence-corrected chi connectivity index (χ3v) is 6.67. The molecule has 0 fully saturated rings. The van der Waals surface area contributed by atoms with E-state index in [1.807, 2.05) is 25.1 Å². The Morgan fingerprint density at radius 2 is 2.07 bits per heavy atom. The summed E-state index contributed by atoms with van der Waals surface area (Å²) < 4.78 is 11.2. The summed E-state index contributed by atoms with van der Waals surface area (Å²) in [6, 6.07) is 7.77. The van der Waals surface area contributed by atoms with Crippen LogP contribution in [0, 0.1) is 0 Å². The second-order valence-electron chi connectivity index (χ2n) is 6.44. The molecule has 0 spiro atoms. The highest BCUT2D eigenvalue weighted by Gasteiger charge is 2.16. The number of aromatic nitrogens is 2. The first kappa shape index (κ1) is 19.0. The van der Waals surface area contributed by atoms with Gasteiger partial charge in [0.15, 0.2) is 11.5 Å². The summed E-state index contributed by atoms with van der Waals surface area (Å²) in [5.74, 6) is 1.74. The number of benzene rings is 1. The van der Waals surface area contributed by atoms with Crippen molar-refractivity contribution in [1.82, 2.24) is 15.3 Å². The van der Waals surface area contributed by atoms with Crippen LogP contribution in [-0.4, -0.2) is 34.8 Å². The molecule has 1 aromatic carbocycles. The molecule has 4 rings (SSSR count). The van der Waals surface area contributed by atoms with Crippen molar-refractivity contribution in [2.75, 3.05) is 19.0 Å². The van der Waals surface area contributed by atoms with Gasteiger partial charge < -0.3 is 14.8 Å². The molecular weight excluding hydrogens is 394 g/mol. The van der Waals surface area contributed by atoms with Crippen LogP contribution >= 0.6 is 23.1 Å². The minimum absolute atomic E-state index is 0.0369. The Morgan fingerprint density at radius 1 is 1.25 bits per heavy atom. The maximum atomic E-state index is 12.5. The first-order valence-electron chi connectivity index (χ1n) is 9.19. The van der Waals surface area contributed by atoms with Crippen molar-refractivity contribution >= 4 is 39.2 Å². The van der Waals surface area contributed by atoms with Crippen molar-refractivity contribution in [1.29, 1.82) is 0 Å². The summed E-state index contributed by atoms with van der Waals surface area (Å²) in [5.41, 5.74) is 0.984. The number of thioether (sulfide) groups is 1. The number of fused-ring (bicyclic) bond motifs is 2. The van der Waals surface area contributed by atoms with E-state index in [4.69, 9.17) is 9.47 Å². The van der Waals surface area contributed by atoms with E-state index in [2.05, 4.69) is 28.3 Å². The summed E-state index contributed by atoms with van der Waals surface area (Å²) in [6.07, 6.45) is 2.54. The number of carbonyl (C=O) groups excluding carboxylic acids is 1. The molecule has 3 heterocycles. The summed E-state index contributed by atoms with van der Waals surface area (Å²) in [7, 11) is 0. The van der Waals surface area contributed by atoms with Gasteiger partial charge in [-0.15, -0.1) is 11.3 Å². The normalized spacial score (nSPS) is 14.1. The van der Waals surface area contributed by atoms with Crippen molar-refractivity contribution in [3.8, 4) is 11.5 Å². The molecule has 0 aliphatic carbocycles. The molecule has 1 amide bonds. The van der Waals surface area contributed by atoms with Crippen molar-refractivity contribution in [2.24, 2.45) is 0 Å². The summed E-state index contributed by atoms with van der Waals surface area (Å²) in [6.45, 7) is 5.19. The zero-order valence-corrected chi connectivity index (χ0v) is 17.4. The Hall–Kier alpha value is -2.32. The fraction of sp³-hybridized carbons (Fsp3) is 0.350. The van der Waals surface area contributed by atoms with Crippen molar-refractivity contribution in [3.63, 3.8) is 0 Å². The number of ether oxygens (including phenoxy) is 2. The lowest BCUT2D eigenvalue weighted by Crippen LogP contribution is -2.28. The van der Waals surface area contributed by atoms with Crippen LogP contribution in [0.25, 0.3) is 10.2 Å². The quantitative estimate of drug-likeness (QED) is 0.485. The molecule has 3 aromatic rings. The van der Waals surface area contributed by atoms with Gasteiger partial charge in [0.1, 0.15) is 29.4 Å². The topological polar surface area (TPSA) is 73.3 Å². The summed E-state index contributed by atoms with van der Waals surface area (Å²) >= 11 is 3.12. The van der Waals surface area contributed by atoms with Crippen LogP contribution in [-0.2, 0) is 11.2 Å². The molecule has 1 atom stereocenters. The van der Waals surface area contributed by atoms with Crippen LogP contribution in [0.15, 0.2) is 35.6 Å². The van der Waals surface area contributed by atoms with Gasteiger partial charge in [0.05, 0.1) is 11.8 Å². The molecule has 1 aliphatic heterocycles. The molecule has 146 valence electrons. The van der Waals surface area contributed by atoms with E-state index in [0.717, 1.165) is 38.7 Å². The number of hydrogen-bond donors (Lipinski definition) is 1. The maximum Gasteiger partial charge on any atom is 0.230 e. The number of amides is 1. The lowest BCUT2D eigenvalue weighted by Gasteiger charge is -2.21. The average Bonchev–Trinajstić information content (AvgIpc) is 3.16. The van der Waals surface area contributed by atoms with E-state index in [1.54, 1.807) is 17.7 Å². The zero-order chi connectivity index (χ0) is 19.5. The molecule has 2 aromatic heterocycles. The Morgan fingerprint density at radius 3 is 2.89 bits per heavy atom. The molecule has 8 heteroatoms. The first-order valence-corrected chi connectivity index (χ1v) is 11.0. The third kappa shape index (κ3) is 4.07. The van der Waals surface area contributed by atoms with Gasteiger partial charge in [-0.1, -0.05) is 24.8 Å². The predicted octanol–water partition coefficient (Wildman–Crippen LogP) is 3.99. The van der Waals surface area contributed by atoms with Crippen LogP contribution in [0.3, 0.4) is 0 Å². The molecule has 1 aliphatic rings. The van der Waals surface area contributed by atoms with E-state index in [0.29, 0.717) is 19.0 Å². The number of nitrogens with zero attached hydrogens (tertiary/aromatic N) is 2. The van der Waals surface area contributed by atoms with Gasteiger partial charge in [0.2, 0.25) is 5.91 Å². The Bertz CT molecular complexity index is 1010. The van der Waals surface area contributed by atoms with Crippen LogP contribution in [0.4, 0.5) is 0 Å². The summed E-state index contributed by atoms with van der Waals surface area (Å²) in [4.78, 5) is 23.4. The molecule has 6 nitrogen and oxygen atoms in total. The molecular formula is C20H21N3O3S2. The Balaban J connectivity index is 1.39. The van der Waals surface area contributed by atoms with Gasteiger partial charge in [-0.3, -0.25) is 4.79 Å². The predicted molar refractivity (Wildman–Crippen MR) is 112 cm³/mol. The van der Waals surface area contributed by atoms with Gasteiger partial charge in [0.25, 0.3) is 0 Å². The van der Waals surface area contributed by atoms with Crippen LogP contribution in [0.1, 0.15) is 30.3 Å². The lowest BCUT2D eigenvalue weighted by molar-refractivity contribution is -0.119. The van der Waals surface area contributed by atoms with Crippen LogP contribution in [0.2, 0.25) is 0 Å². The van der Waals surface area contributed by atoms with E-state index < -0.39 is 0 Å². The number of rotatable bonds is 6. The second kappa shape index (κ2) is 8.36. The minimum Gasteiger partial charge on any atom is -0.486 e. The average molecular weight is 416 g/mol. The number of carbonyl (C=O) groups is 1. The van der Waals surface area contributed by atoms with Gasteiger partial charge in [-0.2, -0.15) is 0 Å². The highest BCUT2D eigenvalue weighted by molar-refractivity contribution is 8.00. The number of hydrogen-bond acceptors (Lipinski definition) is 7. The molecule has 0 unspecified atom stereocenters. The second-order valence-corrected chi connectivity index (χ2v) is 8.52. The van der Waals surface area contributed by atoms with Crippen molar-refractivity contribution < 1.29 is 14.3 Å². The molecule has 0 saturated heterocycles. The van der Waals surface area contributed by atoms with Gasteiger partial charge in [0, 0.05) is 10.3 Å². The standard InChI is InChI=1S/C20H21N3O3S2/c1-3-14-9-15-19(21-11-22-20(15)28-14)27-10-18(24)23-12(2)13-4-5-16-17(8-13)26-7-6-25-16/h4-5,8-9,11-12H,3,6-7,10H2,1-2H3,(H,23,24)/t12-/m1/s1. The largest absolute Gasteiger partial charge is 0.486 e. The molecule has 1 N–H and O–H groups in total. The highest BCUT2D eigenvalue weighted by atomic mass is 32.2. The van der Waals surface area contributed by atoms with Gasteiger partial charge in [-0.25, -0.2) is 9.97 Å². The molecule has 0 radical (unpaired) electrons. The van der Waals surface area contributed by atoms with E-state index in [-0.39, 0.29) is 11.9 Å². The van der Waals surface area contributed by atoms with E-state index in [9.17, 15) is 4.79 Å². The molecule has 0 saturated carbocycles. The number of nitrogens with one attached hydrogen (secondary N) is 1. The minimum atomic E-state index is -0.123. The molecule has 0 bridgehead atoms. The smallest absolute Gasteiger partial charge is 0.230 e. The monoisotopic (exact) mass is 415 g/mol. The number of aryl methyl sites for hydroxylation is 1. The van der Waals surface area contributed by atoms with Crippen molar-refractivity contribution in [2.45, 2.75) is 31.3 Å². The Kier molecular flexibility index (Phi) is 5.68. The lowest BCUT2D eigenvalue weighted by atomic mass is 10.1. The fourth-order valence-corrected chi connectivity index (χ4v) is 4.79. The first-order chi connectivity index (χ1) is 13.6. The SMILES string of the molecule is CCc1cc2c(SCC(=O)N[C@H](C)c3ccc4c(c3)OCCO4)ncnc2s1. The van der Waals surface area contributed by atoms with Crippen LogP contribution < -0.4 is 14.8 Å². The van der Waals surface area contributed by atoms with Gasteiger partial charge in [-0.05, 0) is 37.1 Å². The van der Waals surface area contributed by atoms with E-state index >= 15 is 0 Å². The Labute approximate surface area is 171 Å². The number of thiophene rings is 1. The van der Waals surface area contributed by atoms with Crippen molar-refractivity contribution in [3.05, 3.63) is 41.0 Å². The van der Waals surface area contributed by atoms with Gasteiger partial charge >= 0.3 is 0 Å². The highest BCUT2D eigenvalue weighted by Crippen LogP contribution is 2.33. The fourth-order valence-electron chi connectivity index (χ4n) is 3.00.